The number of thioether (sulfide) groups is 1. The molecule has 8 nitrogen and oxygen atoms in total. The number of carboxylic acids is 1. The summed E-state index contributed by atoms with van der Waals surface area (Å²) in [6, 6.07) is 9.71. The lowest BCUT2D eigenvalue weighted by molar-refractivity contribution is -0.121. The van der Waals surface area contributed by atoms with E-state index in [1.54, 1.807) is 37.4 Å². The predicted molar refractivity (Wildman–Crippen MR) is 108 cm³/mol. The highest BCUT2D eigenvalue weighted by atomic mass is 32.2. The average Bonchev–Trinajstić information content (AvgIpc) is 3.27. The molecule has 0 aliphatic carbocycles. The van der Waals surface area contributed by atoms with Crippen LogP contribution in [0.3, 0.4) is 0 Å². The van der Waals surface area contributed by atoms with Gasteiger partial charge in [0, 0.05) is 18.7 Å². The molecule has 1 N–H and O–H groups in total. The molecule has 4 rings (SSSR count). The third-order valence-electron chi connectivity index (χ3n) is 4.33. The van der Waals surface area contributed by atoms with Crippen LogP contribution >= 0.6 is 11.8 Å². The van der Waals surface area contributed by atoms with E-state index in [1.165, 1.54) is 35.9 Å². The molecule has 0 unspecified atom stereocenters. The van der Waals surface area contributed by atoms with Gasteiger partial charge < -0.3 is 19.3 Å². The Balaban J connectivity index is 1.67. The zero-order valence-corrected chi connectivity index (χ0v) is 16.4. The first-order chi connectivity index (χ1) is 14.0. The van der Waals surface area contributed by atoms with Gasteiger partial charge in [-0.2, -0.15) is 0 Å². The van der Waals surface area contributed by atoms with Crippen molar-refractivity contribution in [2.75, 3.05) is 21.0 Å². The number of likely N-dealkylation sites (N-methyl/N-ethyl adjacent to an activating group) is 1. The van der Waals surface area contributed by atoms with Gasteiger partial charge in [0.2, 0.25) is 6.79 Å². The zero-order valence-electron chi connectivity index (χ0n) is 15.5. The van der Waals surface area contributed by atoms with Crippen LogP contribution in [0.1, 0.15) is 15.9 Å². The Labute approximate surface area is 170 Å². The summed E-state index contributed by atoms with van der Waals surface area (Å²) in [6.45, 7) is 0.140. The quantitative estimate of drug-likeness (QED) is 0.769. The molecule has 0 spiro atoms. The molecule has 1 fully saturated rings. The number of rotatable bonds is 4. The molecule has 2 heterocycles. The monoisotopic (exact) mass is 412 g/mol. The van der Waals surface area contributed by atoms with E-state index < -0.39 is 5.97 Å². The topological polar surface area (TPSA) is 97.7 Å². The number of carbonyl (C=O) groups excluding carboxylic acids is 1. The number of hydrogen-bond donors (Lipinski definition) is 1. The maximum atomic E-state index is 12.7. The molecule has 1 amide bonds. The number of benzene rings is 2. The molecular formula is C20H16N2O6S. The Morgan fingerprint density at radius 3 is 2.76 bits per heavy atom. The van der Waals surface area contributed by atoms with E-state index in [2.05, 4.69) is 4.99 Å². The van der Waals surface area contributed by atoms with Crippen LogP contribution in [0, 0.1) is 0 Å². The lowest BCUT2D eigenvalue weighted by atomic mass is 10.1. The molecule has 9 heteroatoms. The summed E-state index contributed by atoms with van der Waals surface area (Å²) in [7, 11) is 3.16. The summed E-state index contributed by atoms with van der Waals surface area (Å²) in [5.41, 5.74) is 1.26. The van der Waals surface area contributed by atoms with Crippen molar-refractivity contribution in [2.24, 2.45) is 4.99 Å². The second kappa shape index (κ2) is 7.51. The van der Waals surface area contributed by atoms with Gasteiger partial charge in [-0.25, -0.2) is 9.79 Å². The molecule has 0 bridgehead atoms. The minimum atomic E-state index is -1.04. The van der Waals surface area contributed by atoms with Crippen molar-refractivity contribution in [1.29, 1.82) is 0 Å². The Morgan fingerprint density at radius 1 is 1.28 bits per heavy atom. The van der Waals surface area contributed by atoms with E-state index in [0.717, 1.165) is 0 Å². The molecule has 2 aromatic rings. The van der Waals surface area contributed by atoms with Crippen molar-refractivity contribution in [2.45, 2.75) is 0 Å². The van der Waals surface area contributed by atoms with Gasteiger partial charge >= 0.3 is 5.97 Å². The van der Waals surface area contributed by atoms with E-state index in [9.17, 15) is 9.59 Å². The third-order valence-corrected chi connectivity index (χ3v) is 5.39. The van der Waals surface area contributed by atoms with Crippen LogP contribution in [0.15, 0.2) is 46.3 Å². The number of nitrogens with zero attached hydrogens (tertiary/aromatic N) is 2. The van der Waals surface area contributed by atoms with Gasteiger partial charge in [-0.05, 0) is 42.1 Å². The SMILES string of the molecule is COc1cc2c(cc1/C=C1\SC(=Nc3cccc(C(=O)O)c3)N(C)C1=O)OCO2. The van der Waals surface area contributed by atoms with E-state index >= 15 is 0 Å². The molecule has 29 heavy (non-hydrogen) atoms. The number of hydrogen-bond acceptors (Lipinski definition) is 7. The van der Waals surface area contributed by atoms with Crippen LogP contribution in [0.25, 0.3) is 6.08 Å². The fourth-order valence-electron chi connectivity index (χ4n) is 2.84. The number of carboxylic acid groups (broad SMARTS) is 1. The van der Waals surface area contributed by atoms with E-state index in [1.807, 2.05) is 0 Å². The number of amidine groups is 1. The first-order valence-electron chi connectivity index (χ1n) is 8.53. The molecule has 2 aliphatic rings. The van der Waals surface area contributed by atoms with Crippen molar-refractivity contribution in [3.63, 3.8) is 0 Å². The third kappa shape index (κ3) is 3.64. The Bertz CT molecular complexity index is 1080. The van der Waals surface area contributed by atoms with Crippen LogP contribution in [0.5, 0.6) is 17.2 Å². The summed E-state index contributed by atoms with van der Waals surface area (Å²) in [6.07, 6.45) is 1.71. The van der Waals surface area contributed by atoms with Crippen molar-refractivity contribution < 1.29 is 28.9 Å². The fraction of sp³-hybridized carbons (Fsp3) is 0.150. The Hall–Kier alpha value is -3.46. The maximum absolute atomic E-state index is 12.7. The first-order valence-corrected chi connectivity index (χ1v) is 9.35. The normalized spacial score (nSPS) is 18.0. The van der Waals surface area contributed by atoms with Crippen LogP contribution < -0.4 is 14.2 Å². The lowest BCUT2D eigenvalue weighted by Crippen LogP contribution is -2.23. The molecule has 2 aliphatic heterocycles. The van der Waals surface area contributed by atoms with Gasteiger partial charge in [-0.1, -0.05) is 6.07 Å². The van der Waals surface area contributed by atoms with E-state index in [-0.39, 0.29) is 18.3 Å². The standard InChI is InChI=1S/C20H16N2O6S/c1-22-18(23)17(8-12-7-15-16(28-10-27-15)9-14(12)26-2)29-20(22)21-13-5-3-4-11(6-13)19(24)25/h3-9H,10H2,1-2H3,(H,24,25)/b17-8-,21-20?. The van der Waals surface area contributed by atoms with Crippen LogP contribution in [0.4, 0.5) is 5.69 Å². The van der Waals surface area contributed by atoms with Crippen LogP contribution in [-0.4, -0.2) is 48.0 Å². The minimum absolute atomic E-state index is 0.129. The number of fused-ring (bicyclic) bond motifs is 1. The molecule has 0 radical (unpaired) electrons. The van der Waals surface area contributed by atoms with Gasteiger partial charge in [0.1, 0.15) is 5.75 Å². The zero-order chi connectivity index (χ0) is 20.5. The second-order valence-electron chi connectivity index (χ2n) is 6.17. The number of ether oxygens (including phenoxy) is 3. The highest BCUT2D eigenvalue weighted by Gasteiger charge is 2.31. The van der Waals surface area contributed by atoms with E-state index in [0.29, 0.717) is 38.6 Å². The van der Waals surface area contributed by atoms with Gasteiger partial charge in [0.05, 0.1) is 23.3 Å². The molecule has 0 aromatic heterocycles. The molecule has 2 aromatic carbocycles. The van der Waals surface area contributed by atoms with Crippen molar-refractivity contribution in [3.05, 3.63) is 52.4 Å². The van der Waals surface area contributed by atoms with Crippen molar-refractivity contribution in [3.8, 4) is 17.2 Å². The highest BCUT2D eigenvalue weighted by Crippen LogP contribution is 2.41. The summed E-state index contributed by atoms with van der Waals surface area (Å²) in [4.78, 5) is 30.1. The molecule has 1 saturated heterocycles. The predicted octanol–water partition coefficient (Wildman–Crippen LogP) is 3.36. The van der Waals surface area contributed by atoms with Crippen molar-refractivity contribution >= 4 is 40.6 Å². The lowest BCUT2D eigenvalue weighted by Gasteiger charge is -2.08. The van der Waals surface area contributed by atoms with Gasteiger partial charge in [0.15, 0.2) is 16.7 Å². The summed E-state index contributed by atoms with van der Waals surface area (Å²) in [5, 5.41) is 9.58. The number of methoxy groups -OCH3 is 1. The van der Waals surface area contributed by atoms with Gasteiger partial charge in [-0.15, -0.1) is 0 Å². The summed E-state index contributed by atoms with van der Waals surface area (Å²) in [5.74, 6) is 0.471. The minimum Gasteiger partial charge on any atom is -0.496 e. The average molecular weight is 412 g/mol. The largest absolute Gasteiger partial charge is 0.496 e. The molecular weight excluding hydrogens is 396 g/mol. The Kier molecular flexibility index (Phi) is 4.89. The van der Waals surface area contributed by atoms with Gasteiger partial charge in [-0.3, -0.25) is 9.69 Å². The van der Waals surface area contributed by atoms with Crippen LogP contribution in [0.2, 0.25) is 0 Å². The number of amides is 1. The van der Waals surface area contributed by atoms with Crippen molar-refractivity contribution in [1.82, 2.24) is 4.90 Å². The molecule has 0 saturated carbocycles. The van der Waals surface area contributed by atoms with Gasteiger partial charge in [0.25, 0.3) is 5.91 Å². The first kappa shape index (κ1) is 18.9. The highest BCUT2D eigenvalue weighted by molar-refractivity contribution is 8.18. The summed E-state index contributed by atoms with van der Waals surface area (Å²) < 4.78 is 16.2. The number of aliphatic imine (C=N–C) groups is 1. The van der Waals surface area contributed by atoms with Crippen LogP contribution in [-0.2, 0) is 4.79 Å². The molecule has 0 atom stereocenters. The molecule has 148 valence electrons. The Morgan fingerprint density at radius 2 is 2.03 bits per heavy atom. The summed E-state index contributed by atoms with van der Waals surface area (Å²) >= 11 is 1.20. The maximum Gasteiger partial charge on any atom is 0.335 e. The smallest absolute Gasteiger partial charge is 0.335 e. The number of carbonyl (C=O) groups is 2. The fourth-order valence-corrected chi connectivity index (χ4v) is 3.82. The number of aromatic carboxylic acids is 1. The van der Waals surface area contributed by atoms with E-state index in [4.69, 9.17) is 19.3 Å². The second-order valence-corrected chi connectivity index (χ2v) is 7.18.